The molecular weight excluding hydrogens is 293 g/mol. The normalized spacial score (nSPS) is 19.4. The highest BCUT2D eigenvalue weighted by Gasteiger charge is 2.42. The smallest absolute Gasteiger partial charge is 0.324 e. The number of benzene rings is 1. The number of carbonyl (C=O) groups excluding carboxylic acids is 1. The Hall–Kier alpha value is -1.72. The zero-order valence-corrected chi connectivity index (χ0v) is 12.8. The lowest BCUT2D eigenvalue weighted by Crippen LogP contribution is -2.46. The van der Waals surface area contributed by atoms with Gasteiger partial charge in [0.2, 0.25) is 0 Å². The SMILES string of the molecule is CC(C)c1ccccc1NC(=O)N1CCC[C@@H](C(F)(F)F)C1. The standard InChI is InChI=1S/C16H21F3N2O/c1-11(2)13-7-3-4-8-14(13)20-15(22)21-9-5-6-12(10-21)16(17,18)19/h3-4,7-8,11-12H,5-6,9-10H2,1-2H3,(H,20,22)/t12-/m1/s1. The minimum atomic E-state index is -4.24. The average molecular weight is 314 g/mol. The van der Waals surface area contributed by atoms with Crippen molar-refractivity contribution >= 4 is 11.7 Å². The lowest BCUT2D eigenvalue weighted by molar-refractivity contribution is -0.183. The van der Waals surface area contributed by atoms with E-state index in [1.807, 2.05) is 26.0 Å². The number of urea groups is 1. The number of nitrogens with zero attached hydrogens (tertiary/aromatic N) is 1. The van der Waals surface area contributed by atoms with Crippen molar-refractivity contribution in [2.45, 2.75) is 38.8 Å². The van der Waals surface area contributed by atoms with Crippen LogP contribution >= 0.6 is 0 Å². The maximum absolute atomic E-state index is 12.8. The van der Waals surface area contributed by atoms with Crippen LogP contribution in [0.2, 0.25) is 0 Å². The van der Waals surface area contributed by atoms with E-state index in [1.54, 1.807) is 12.1 Å². The molecule has 2 amide bonds. The van der Waals surface area contributed by atoms with Crippen LogP contribution in [0.1, 0.15) is 38.2 Å². The van der Waals surface area contributed by atoms with Gasteiger partial charge in [0.25, 0.3) is 0 Å². The quantitative estimate of drug-likeness (QED) is 0.849. The molecule has 0 saturated carbocycles. The fourth-order valence-corrected chi connectivity index (χ4v) is 2.74. The van der Waals surface area contributed by atoms with Crippen LogP contribution in [-0.2, 0) is 0 Å². The molecule has 0 aliphatic carbocycles. The Labute approximate surface area is 128 Å². The first kappa shape index (κ1) is 16.6. The van der Waals surface area contributed by atoms with Crippen LogP contribution in [0.5, 0.6) is 0 Å². The Morgan fingerprint density at radius 1 is 1.32 bits per heavy atom. The average Bonchev–Trinajstić information content (AvgIpc) is 2.47. The second-order valence-corrected chi connectivity index (χ2v) is 6.00. The summed E-state index contributed by atoms with van der Waals surface area (Å²) in [4.78, 5) is 13.5. The van der Waals surface area contributed by atoms with Gasteiger partial charge in [-0.25, -0.2) is 4.79 Å². The molecule has 22 heavy (non-hydrogen) atoms. The van der Waals surface area contributed by atoms with Gasteiger partial charge in [0.15, 0.2) is 0 Å². The fraction of sp³-hybridized carbons (Fsp3) is 0.562. The first-order chi connectivity index (χ1) is 10.3. The number of piperidine rings is 1. The number of carbonyl (C=O) groups is 1. The van der Waals surface area contributed by atoms with Crippen molar-refractivity contribution in [1.29, 1.82) is 0 Å². The van der Waals surface area contributed by atoms with Gasteiger partial charge in [-0.3, -0.25) is 0 Å². The lowest BCUT2D eigenvalue weighted by Gasteiger charge is -2.33. The second kappa shape index (κ2) is 6.58. The molecule has 0 aromatic heterocycles. The van der Waals surface area contributed by atoms with Crippen molar-refractivity contribution in [1.82, 2.24) is 4.90 Å². The van der Waals surface area contributed by atoms with Gasteiger partial charge in [-0.1, -0.05) is 32.0 Å². The predicted molar refractivity (Wildman–Crippen MR) is 79.9 cm³/mol. The molecule has 122 valence electrons. The number of likely N-dealkylation sites (tertiary alicyclic amines) is 1. The summed E-state index contributed by atoms with van der Waals surface area (Å²) in [6.45, 7) is 4.11. The summed E-state index contributed by atoms with van der Waals surface area (Å²) in [6, 6.07) is 6.91. The van der Waals surface area contributed by atoms with Gasteiger partial charge in [-0.05, 0) is 30.4 Å². The highest BCUT2D eigenvalue weighted by molar-refractivity contribution is 5.90. The van der Waals surface area contributed by atoms with E-state index in [2.05, 4.69) is 5.32 Å². The Balaban J connectivity index is 2.06. The van der Waals surface area contributed by atoms with Gasteiger partial charge in [0, 0.05) is 18.8 Å². The number of halogens is 3. The van der Waals surface area contributed by atoms with Crippen molar-refractivity contribution in [2.24, 2.45) is 5.92 Å². The van der Waals surface area contributed by atoms with Gasteiger partial charge in [0.05, 0.1) is 5.92 Å². The van der Waals surface area contributed by atoms with Crippen LogP contribution in [0, 0.1) is 5.92 Å². The molecule has 2 rings (SSSR count). The van der Waals surface area contributed by atoms with Gasteiger partial charge in [-0.15, -0.1) is 0 Å². The Morgan fingerprint density at radius 3 is 2.64 bits per heavy atom. The number of hydrogen-bond acceptors (Lipinski definition) is 1. The summed E-state index contributed by atoms with van der Waals surface area (Å²) < 4.78 is 38.4. The Bertz CT molecular complexity index is 528. The first-order valence-electron chi connectivity index (χ1n) is 7.50. The van der Waals surface area contributed by atoms with Crippen molar-refractivity contribution in [3.63, 3.8) is 0 Å². The van der Waals surface area contributed by atoms with E-state index < -0.39 is 18.1 Å². The highest BCUT2D eigenvalue weighted by Crippen LogP contribution is 2.33. The first-order valence-corrected chi connectivity index (χ1v) is 7.50. The van der Waals surface area contributed by atoms with Crippen LogP contribution in [-0.4, -0.2) is 30.2 Å². The molecule has 0 unspecified atom stereocenters. The molecule has 1 heterocycles. The number of alkyl halides is 3. The van der Waals surface area contributed by atoms with Crippen molar-refractivity contribution in [3.8, 4) is 0 Å². The van der Waals surface area contributed by atoms with E-state index in [1.165, 1.54) is 4.90 Å². The van der Waals surface area contributed by atoms with Crippen LogP contribution in [0.15, 0.2) is 24.3 Å². The molecule has 0 spiro atoms. The third-order valence-corrected chi connectivity index (χ3v) is 4.00. The third-order valence-electron chi connectivity index (χ3n) is 4.00. The van der Waals surface area contributed by atoms with E-state index in [9.17, 15) is 18.0 Å². The van der Waals surface area contributed by atoms with Gasteiger partial charge < -0.3 is 10.2 Å². The van der Waals surface area contributed by atoms with Crippen LogP contribution in [0.4, 0.5) is 23.7 Å². The van der Waals surface area contributed by atoms with Gasteiger partial charge >= 0.3 is 12.2 Å². The number of anilines is 1. The molecule has 0 bridgehead atoms. The molecule has 1 aliphatic heterocycles. The molecule has 1 saturated heterocycles. The summed E-state index contributed by atoms with van der Waals surface area (Å²) in [5.74, 6) is -1.20. The number of rotatable bonds is 2. The number of nitrogens with one attached hydrogen (secondary N) is 1. The number of amides is 2. The number of hydrogen-bond donors (Lipinski definition) is 1. The Kier molecular flexibility index (Phi) is 4.98. The molecule has 1 atom stereocenters. The third kappa shape index (κ3) is 3.93. The maximum Gasteiger partial charge on any atom is 0.393 e. The van der Waals surface area contributed by atoms with E-state index in [0.29, 0.717) is 18.7 Å². The molecule has 1 fully saturated rings. The lowest BCUT2D eigenvalue weighted by atomic mass is 9.98. The molecule has 3 nitrogen and oxygen atoms in total. The fourth-order valence-electron chi connectivity index (χ4n) is 2.74. The van der Waals surface area contributed by atoms with E-state index in [-0.39, 0.29) is 18.9 Å². The monoisotopic (exact) mass is 314 g/mol. The topological polar surface area (TPSA) is 32.3 Å². The molecule has 6 heteroatoms. The summed E-state index contributed by atoms with van der Waals surface area (Å²) >= 11 is 0. The van der Waals surface area contributed by atoms with Gasteiger partial charge in [-0.2, -0.15) is 13.2 Å². The van der Waals surface area contributed by atoms with E-state index in [4.69, 9.17) is 0 Å². The van der Waals surface area contributed by atoms with E-state index >= 15 is 0 Å². The maximum atomic E-state index is 12.8. The molecular formula is C16H21F3N2O. The van der Waals surface area contributed by atoms with Gasteiger partial charge in [0.1, 0.15) is 0 Å². The minimum Gasteiger partial charge on any atom is -0.324 e. The highest BCUT2D eigenvalue weighted by atomic mass is 19.4. The minimum absolute atomic E-state index is 0.0931. The summed E-state index contributed by atoms with van der Waals surface area (Å²) in [5, 5.41) is 2.75. The summed E-state index contributed by atoms with van der Waals surface area (Å²) in [6.07, 6.45) is -3.77. The molecule has 1 aliphatic rings. The molecule has 0 radical (unpaired) electrons. The van der Waals surface area contributed by atoms with Crippen molar-refractivity contribution < 1.29 is 18.0 Å². The molecule has 1 N–H and O–H groups in total. The zero-order valence-electron chi connectivity index (χ0n) is 12.8. The summed E-state index contributed by atoms with van der Waals surface area (Å²) in [5.41, 5.74) is 1.64. The molecule has 1 aromatic carbocycles. The molecule has 1 aromatic rings. The van der Waals surface area contributed by atoms with Crippen LogP contribution in [0.25, 0.3) is 0 Å². The largest absolute Gasteiger partial charge is 0.393 e. The van der Waals surface area contributed by atoms with Crippen molar-refractivity contribution in [3.05, 3.63) is 29.8 Å². The summed E-state index contributed by atoms with van der Waals surface area (Å²) in [7, 11) is 0. The predicted octanol–water partition coefficient (Wildman–Crippen LogP) is 4.62. The zero-order chi connectivity index (χ0) is 16.3. The van der Waals surface area contributed by atoms with Crippen LogP contribution in [0.3, 0.4) is 0 Å². The second-order valence-electron chi connectivity index (χ2n) is 6.00. The number of para-hydroxylation sites is 1. The van der Waals surface area contributed by atoms with Crippen LogP contribution < -0.4 is 5.32 Å². The van der Waals surface area contributed by atoms with E-state index in [0.717, 1.165) is 5.56 Å². The van der Waals surface area contributed by atoms with Crippen molar-refractivity contribution in [2.75, 3.05) is 18.4 Å². The Morgan fingerprint density at radius 2 is 2.00 bits per heavy atom.